The molecule has 3 heterocycles. The molecule has 0 aromatic heterocycles. The topological polar surface area (TPSA) is 72.7 Å². The first kappa shape index (κ1) is 33.0. The molecule has 0 radical (unpaired) electrons. The number of hydrogen-bond donors (Lipinski definition) is 3. The Labute approximate surface area is 286 Å². The van der Waals surface area contributed by atoms with E-state index in [2.05, 4.69) is 81.7 Å². The summed E-state index contributed by atoms with van der Waals surface area (Å²) in [6, 6.07) is 28.1. The highest BCUT2D eigenvalue weighted by molar-refractivity contribution is 6.18. The number of nitrogens with one attached hydrogen (secondary N) is 3. The van der Waals surface area contributed by atoms with Gasteiger partial charge in [-0.2, -0.15) is 0 Å². The van der Waals surface area contributed by atoms with E-state index in [1.165, 1.54) is 29.8 Å². The molecule has 0 bridgehead atoms. The Morgan fingerprint density at radius 3 is 2.08 bits per heavy atom. The van der Waals surface area contributed by atoms with E-state index < -0.39 is 0 Å². The van der Waals surface area contributed by atoms with Gasteiger partial charge in [-0.25, -0.2) is 0 Å². The molecule has 3 aromatic rings. The number of piperazine rings is 1. The third-order valence-electron chi connectivity index (χ3n) is 10.1. The second kappa shape index (κ2) is 15.3. The molecule has 248 valence electrons. The van der Waals surface area contributed by atoms with Crippen LogP contribution < -0.4 is 20.0 Å². The van der Waals surface area contributed by atoms with Crippen molar-refractivity contribution in [2.24, 2.45) is 0 Å². The molecule has 2 fully saturated rings. The molecule has 0 amide bonds. The Bertz CT molecular complexity index is 1640. The van der Waals surface area contributed by atoms with Crippen molar-refractivity contribution in [3.05, 3.63) is 139 Å². The largest absolute Gasteiger partial charge is 0.391 e. The maximum Gasteiger partial charge on any atom is 0.0795 e. The monoisotopic (exact) mass is 639 g/mol. The number of piperidine rings is 1. The zero-order valence-electron chi connectivity index (χ0n) is 28.2. The van der Waals surface area contributed by atoms with Gasteiger partial charge in [-0.3, -0.25) is 10.3 Å². The lowest BCUT2D eigenvalue weighted by atomic mass is 9.91. The van der Waals surface area contributed by atoms with Gasteiger partial charge in [0, 0.05) is 87.2 Å². The van der Waals surface area contributed by atoms with E-state index >= 15 is 0 Å². The van der Waals surface area contributed by atoms with Gasteiger partial charge >= 0.3 is 0 Å². The molecule has 7 heteroatoms. The normalized spacial score (nSPS) is 18.7. The summed E-state index contributed by atoms with van der Waals surface area (Å²) in [6.45, 7) is 14.6. The molecule has 3 N–H and O–H groups in total. The average molecular weight is 640 g/mol. The first-order valence-electron chi connectivity index (χ1n) is 17.3. The summed E-state index contributed by atoms with van der Waals surface area (Å²) in [4.78, 5) is 9.75. The molecule has 0 spiro atoms. The first-order valence-corrected chi connectivity index (χ1v) is 17.3. The van der Waals surface area contributed by atoms with Crippen LogP contribution in [0, 0.1) is 10.8 Å². The molecule has 1 atom stereocenters. The van der Waals surface area contributed by atoms with Gasteiger partial charge in [0.15, 0.2) is 0 Å². The third kappa shape index (κ3) is 7.47. The number of anilines is 3. The van der Waals surface area contributed by atoms with Crippen LogP contribution >= 0.6 is 0 Å². The van der Waals surface area contributed by atoms with E-state index in [0.717, 1.165) is 74.8 Å². The molecule has 3 aliphatic heterocycles. The van der Waals surface area contributed by atoms with Gasteiger partial charge in [0.2, 0.25) is 0 Å². The molecule has 6 rings (SSSR count). The van der Waals surface area contributed by atoms with E-state index in [9.17, 15) is 0 Å². The van der Waals surface area contributed by atoms with Crippen molar-refractivity contribution in [2.75, 3.05) is 61.0 Å². The molecule has 3 aliphatic rings. The molecule has 2 saturated heterocycles. The summed E-state index contributed by atoms with van der Waals surface area (Å²) < 4.78 is 0. The lowest BCUT2D eigenvalue weighted by Crippen LogP contribution is -2.53. The third-order valence-corrected chi connectivity index (χ3v) is 10.1. The molecular formula is C41H49N7. The fourth-order valence-corrected chi connectivity index (χ4v) is 7.23. The Morgan fingerprint density at radius 2 is 1.46 bits per heavy atom. The number of allylic oxidation sites excluding steroid dienone is 4. The van der Waals surface area contributed by atoms with Crippen molar-refractivity contribution in [3.8, 4) is 0 Å². The molecule has 3 aromatic carbocycles. The van der Waals surface area contributed by atoms with Gasteiger partial charge in [0.1, 0.15) is 0 Å². The molecule has 48 heavy (non-hydrogen) atoms. The van der Waals surface area contributed by atoms with Crippen molar-refractivity contribution >= 4 is 28.5 Å². The van der Waals surface area contributed by atoms with Crippen LogP contribution in [0.25, 0.3) is 0 Å². The predicted molar refractivity (Wildman–Crippen MR) is 203 cm³/mol. The van der Waals surface area contributed by atoms with Crippen LogP contribution in [0.3, 0.4) is 0 Å². The number of nitrogens with zero attached hydrogens (tertiary/aromatic N) is 4. The summed E-state index contributed by atoms with van der Waals surface area (Å²) in [6.07, 6.45) is 11.9. The predicted octanol–water partition coefficient (Wildman–Crippen LogP) is 7.57. The minimum absolute atomic E-state index is 0.304. The summed E-state index contributed by atoms with van der Waals surface area (Å²) in [7, 11) is 1.95. The summed E-state index contributed by atoms with van der Waals surface area (Å²) in [5, 5.41) is 20.3. The van der Waals surface area contributed by atoms with Crippen molar-refractivity contribution in [1.29, 1.82) is 10.8 Å². The van der Waals surface area contributed by atoms with E-state index in [0.29, 0.717) is 23.4 Å². The minimum Gasteiger partial charge on any atom is -0.391 e. The van der Waals surface area contributed by atoms with Gasteiger partial charge in [-0.05, 0) is 85.4 Å². The zero-order valence-corrected chi connectivity index (χ0v) is 28.2. The molecule has 0 saturated carbocycles. The van der Waals surface area contributed by atoms with Crippen LogP contribution in [-0.4, -0.2) is 68.7 Å². The Kier molecular flexibility index (Phi) is 10.6. The summed E-state index contributed by atoms with van der Waals surface area (Å²) >= 11 is 0. The van der Waals surface area contributed by atoms with E-state index in [-0.39, 0.29) is 0 Å². The maximum atomic E-state index is 8.55. The summed E-state index contributed by atoms with van der Waals surface area (Å²) in [5.41, 5.74) is 8.32. The van der Waals surface area contributed by atoms with E-state index in [1.54, 1.807) is 12.2 Å². The highest BCUT2D eigenvalue weighted by atomic mass is 15.3. The van der Waals surface area contributed by atoms with Crippen LogP contribution in [0.15, 0.2) is 128 Å². The molecule has 7 nitrogen and oxygen atoms in total. The number of rotatable bonds is 12. The van der Waals surface area contributed by atoms with Gasteiger partial charge in [0.25, 0.3) is 0 Å². The minimum atomic E-state index is 0.304. The highest BCUT2D eigenvalue weighted by Gasteiger charge is 2.28. The number of benzene rings is 3. The zero-order chi connectivity index (χ0) is 33.5. The standard InChI is InChI=1S/C41H49N7/c1-4-5-11-38(31(2)44-3)32-12-14-34(15-13-32)45-23-20-36(21-24-45)47-28-26-46(27-29-47)35-16-18-37(19-17-35)48-25-22-39(42)41(48)30-40(43)33-9-7-6-8-10-33/h4,6-10,12-19,22,25,30,36,38,42-44H,1-2,5,11,20-21,23-24,26-29H2,3H3/b41-30+,42-39?,43-40?. The van der Waals surface area contributed by atoms with Crippen LogP contribution in [0.2, 0.25) is 0 Å². The van der Waals surface area contributed by atoms with E-state index in [1.807, 2.05) is 54.6 Å². The van der Waals surface area contributed by atoms with Gasteiger partial charge in [-0.15, -0.1) is 6.58 Å². The Balaban J connectivity index is 0.996. The van der Waals surface area contributed by atoms with Crippen molar-refractivity contribution < 1.29 is 0 Å². The highest BCUT2D eigenvalue weighted by Crippen LogP contribution is 2.31. The fourth-order valence-electron chi connectivity index (χ4n) is 7.23. The van der Waals surface area contributed by atoms with Crippen molar-refractivity contribution in [3.63, 3.8) is 0 Å². The lowest BCUT2D eigenvalue weighted by molar-refractivity contribution is 0.160. The molecule has 0 aliphatic carbocycles. The van der Waals surface area contributed by atoms with Crippen LogP contribution in [0.5, 0.6) is 0 Å². The van der Waals surface area contributed by atoms with Gasteiger partial charge in [-0.1, -0.05) is 55.1 Å². The van der Waals surface area contributed by atoms with Gasteiger partial charge in [0.05, 0.1) is 17.1 Å². The Hall–Kier alpha value is -4.88. The SMILES string of the molecule is C=CCCC(C(=C)NC)c1ccc(N2CCC(N3CCN(c4ccc(N5C=CC(=N)/C5=C\C(=N)c5ccccc5)cc4)CC3)CC2)cc1. The fraction of sp³-hybridized carbons (Fsp3) is 0.317. The molecule has 1 unspecified atom stereocenters. The lowest BCUT2D eigenvalue weighted by Gasteiger charge is -2.44. The van der Waals surface area contributed by atoms with Crippen LogP contribution in [-0.2, 0) is 0 Å². The smallest absolute Gasteiger partial charge is 0.0795 e. The first-order chi connectivity index (χ1) is 23.4. The number of likely N-dealkylation sites (N-methyl/N-ethyl adjacent to an activating group) is 1. The van der Waals surface area contributed by atoms with Crippen molar-refractivity contribution in [2.45, 2.75) is 37.6 Å². The maximum absolute atomic E-state index is 8.55. The van der Waals surface area contributed by atoms with Crippen molar-refractivity contribution in [1.82, 2.24) is 10.2 Å². The second-order valence-electron chi connectivity index (χ2n) is 13.0. The number of hydrogen-bond acceptors (Lipinski definition) is 7. The summed E-state index contributed by atoms with van der Waals surface area (Å²) in [5.74, 6) is 0.304. The average Bonchev–Trinajstić information content (AvgIpc) is 3.51. The van der Waals surface area contributed by atoms with Crippen LogP contribution in [0.1, 0.15) is 42.7 Å². The Morgan fingerprint density at radius 1 is 0.854 bits per heavy atom. The van der Waals surface area contributed by atoms with E-state index in [4.69, 9.17) is 10.8 Å². The van der Waals surface area contributed by atoms with Crippen LogP contribution in [0.4, 0.5) is 17.1 Å². The second-order valence-corrected chi connectivity index (χ2v) is 13.0. The quantitative estimate of drug-likeness (QED) is 0.141. The van der Waals surface area contributed by atoms with Gasteiger partial charge < -0.3 is 25.4 Å². The molecular weight excluding hydrogens is 591 g/mol.